The van der Waals surface area contributed by atoms with Gasteiger partial charge in [0.1, 0.15) is 18.0 Å². The lowest BCUT2D eigenvalue weighted by atomic mass is 10.3. The number of aromatic nitrogens is 2. The molecule has 2 heterocycles. The molecular weight excluding hydrogens is 230 g/mol. The summed E-state index contributed by atoms with van der Waals surface area (Å²) in [7, 11) is 0. The molecule has 1 saturated heterocycles. The Bertz CT molecular complexity index is 365. The summed E-state index contributed by atoms with van der Waals surface area (Å²) >= 11 is 0. The quantitative estimate of drug-likeness (QED) is 0.769. The maximum absolute atomic E-state index is 8.91. The third-order valence-electron chi connectivity index (χ3n) is 3.12. The number of nitrogens with one attached hydrogen (secondary N) is 1. The van der Waals surface area contributed by atoms with Crippen molar-refractivity contribution in [1.82, 2.24) is 14.9 Å². The van der Waals surface area contributed by atoms with Crippen LogP contribution in [0.25, 0.3) is 0 Å². The number of hydrogen-bond donors (Lipinski definition) is 2. The van der Waals surface area contributed by atoms with Gasteiger partial charge in [-0.1, -0.05) is 0 Å². The Morgan fingerprint density at radius 1 is 1.28 bits per heavy atom. The van der Waals surface area contributed by atoms with Gasteiger partial charge in [0.05, 0.1) is 6.61 Å². The van der Waals surface area contributed by atoms with Crippen molar-refractivity contribution in [1.29, 1.82) is 0 Å². The summed E-state index contributed by atoms with van der Waals surface area (Å²) in [5.74, 6) is 1.85. The number of β-amino-alcohol motifs (C(OH)–C–C–N with tert-alkyl or cyclic N) is 1. The highest BCUT2D eigenvalue weighted by Gasteiger charge is 2.17. The Hall–Kier alpha value is -1.40. The van der Waals surface area contributed by atoms with Gasteiger partial charge in [-0.25, -0.2) is 9.97 Å². The highest BCUT2D eigenvalue weighted by molar-refractivity contribution is 5.48. The summed E-state index contributed by atoms with van der Waals surface area (Å²) in [6.07, 6.45) is 1.60. The van der Waals surface area contributed by atoms with Crippen molar-refractivity contribution >= 4 is 11.6 Å². The Morgan fingerprint density at radius 3 is 2.72 bits per heavy atom. The fraction of sp³-hybridized carbons (Fsp3) is 0.667. The first-order chi connectivity index (χ1) is 8.83. The summed E-state index contributed by atoms with van der Waals surface area (Å²) in [6.45, 7) is 7.75. The van der Waals surface area contributed by atoms with Gasteiger partial charge in [-0.15, -0.1) is 0 Å². The average Bonchev–Trinajstić information content (AvgIpc) is 2.41. The Balaban J connectivity index is 1.94. The molecule has 6 nitrogen and oxygen atoms in total. The molecule has 1 aliphatic heterocycles. The van der Waals surface area contributed by atoms with Crippen molar-refractivity contribution in [3.63, 3.8) is 0 Å². The minimum atomic E-state index is 0.234. The summed E-state index contributed by atoms with van der Waals surface area (Å²) < 4.78 is 0. The first-order valence-electron chi connectivity index (χ1n) is 6.47. The van der Waals surface area contributed by atoms with Crippen molar-refractivity contribution in [2.45, 2.75) is 6.92 Å². The van der Waals surface area contributed by atoms with E-state index in [4.69, 9.17) is 5.11 Å². The molecule has 0 saturated carbocycles. The topological polar surface area (TPSA) is 64.5 Å². The van der Waals surface area contributed by atoms with Crippen molar-refractivity contribution in [2.75, 3.05) is 56.1 Å². The molecule has 1 aromatic heterocycles. The third-order valence-corrected chi connectivity index (χ3v) is 3.12. The van der Waals surface area contributed by atoms with E-state index < -0.39 is 0 Å². The van der Waals surface area contributed by atoms with E-state index in [0.717, 1.165) is 50.9 Å². The maximum atomic E-state index is 8.91. The molecule has 6 heteroatoms. The maximum Gasteiger partial charge on any atom is 0.134 e. The van der Waals surface area contributed by atoms with Crippen LogP contribution in [0.3, 0.4) is 0 Å². The molecule has 0 unspecified atom stereocenters. The van der Waals surface area contributed by atoms with Gasteiger partial charge in [-0.2, -0.15) is 0 Å². The second-order valence-electron chi connectivity index (χ2n) is 4.34. The average molecular weight is 251 g/mol. The lowest BCUT2D eigenvalue weighted by Crippen LogP contribution is -2.47. The van der Waals surface area contributed by atoms with E-state index >= 15 is 0 Å². The number of nitrogens with zero attached hydrogens (tertiary/aromatic N) is 4. The van der Waals surface area contributed by atoms with Gasteiger partial charge in [0.2, 0.25) is 0 Å². The molecule has 0 aromatic carbocycles. The van der Waals surface area contributed by atoms with Crippen LogP contribution < -0.4 is 10.2 Å². The van der Waals surface area contributed by atoms with E-state index in [1.54, 1.807) is 6.33 Å². The van der Waals surface area contributed by atoms with Crippen molar-refractivity contribution in [3.8, 4) is 0 Å². The van der Waals surface area contributed by atoms with Gasteiger partial charge < -0.3 is 15.3 Å². The highest BCUT2D eigenvalue weighted by atomic mass is 16.3. The van der Waals surface area contributed by atoms with E-state index in [0.29, 0.717) is 0 Å². The number of piperazine rings is 1. The van der Waals surface area contributed by atoms with Gasteiger partial charge in [0.25, 0.3) is 0 Å². The lowest BCUT2D eigenvalue weighted by Gasteiger charge is -2.35. The highest BCUT2D eigenvalue weighted by Crippen LogP contribution is 2.15. The van der Waals surface area contributed by atoms with E-state index in [-0.39, 0.29) is 6.61 Å². The second-order valence-corrected chi connectivity index (χ2v) is 4.34. The molecule has 18 heavy (non-hydrogen) atoms. The first kappa shape index (κ1) is 13.0. The monoisotopic (exact) mass is 251 g/mol. The normalized spacial score (nSPS) is 16.9. The second kappa shape index (κ2) is 6.51. The van der Waals surface area contributed by atoms with E-state index in [9.17, 15) is 0 Å². The number of hydrogen-bond acceptors (Lipinski definition) is 6. The third kappa shape index (κ3) is 3.30. The van der Waals surface area contributed by atoms with Gasteiger partial charge >= 0.3 is 0 Å². The molecule has 0 amide bonds. The predicted molar refractivity (Wildman–Crippen MR) is 71.9 cm³/mol. The Kier molecular flexibility index (Phi) is 4.72. The molecule has 2 N–H and O–H groups in total. The van der Waals surface area contributed by atoms with Crippen LogP contribution in [0.4, 0.5) is 11.6 Å². The van der Waals surface area contributed by atoms with E-state index in [1.165, 1.54) is 0 Å². The molecule has 0 aliphatic carbocycles. The van der Waals surface area contributed by atoms with Crippen molar-refractivity contribution < 1.29 is 5.11 Å². The molecule has 1 fully saturated rings. The number of rotatable bonds is 5. The minimum Gasteiger partial charge on any atom is -0.395 e. The molecule has 0 atom stereocenters. The number of aliphatic hydroxyl groups excluding tert-OH is 1. The van der Waals surface area contributed by atoms with Gasteiger partial charge in [0.15, 0.2) is 0 Å². The van der Waals surface area contributed by atoms with E-state index in [1.807, 2.05) is 6.07 Å². The number of aliphatic hydroxyl groups is 1. The Labute approximate surface area is 108 Å². The zero-order valence-corrected chi connectivity index (χ0v) is 10.8. The van der Waals surface area contributed by atoms with Crippen LogP contribution >= 0.6 is 0 Å². The fourth-order valence-corrected chi connectivity index (χ4v) is 2.14. The van der Waals surface area contributed by atoms with Gasteiger partial charge in [-0.05, 0) is 6.92 Å². The summed E-state index contributed by atoms with van der Waals surface area (Å²) in [6, 6.07) is 1.99. The molecule has 1 aromatic rings. The van der Waals surface area contributed by atoms with Crippen LogP contribution in [-0.4, -0.2) is 65.8 Å². The Morgan fingerprint density at radius 2 is 2.06 bits per heavy atom. The summed E-state index contributed by atoms with van der Waals surface area (Å²) in [5, 5.41) is 12.1. The first-order valence-corrected chi connectivity index (χ1v) is 6.47. The van der Waals surface area contributed by atoms with Crippen LogP contribution in [-0.2, 0) is 0 Å². The SMILES string of the molecule is CCNc1cc(N2CCN(CCO)CC2)ncn1. The van der Waals surface area contributed by atoms with Crippen LogP contribution in [0, 0.1) is 0 Å². The predicted octanol–water partition coefficient (Wildman–Crippen LogP) is 0.0227. The van der Waals surface area contributed by atoms with Crippen molar-refractivity contribution in [3.05, 3.63) is 12.4 Å². The van der Waals surface area contributed by atoms with Crippen LogP contribution in [0.5, 0.6) is 0 Å². The smallest absolute Gasteiger partial charge is 0.134 e. The van der Waals surface area contributed by atoms with Crippen LogP contribution in [0.1, 0.15) is 6.92 Å². The fourth-order valence-electron chi connectivity index (χ4n) is 2.14. The molecule has 0 bridgehead atoms. The number of anilines is 2. The van der Waals surface area contributed by atoms with Crippen LogP contribution in [0.15, 0.2) is 12.4 Å². The van der Waals surface area contributed by atoms with Gasteiger partial charge in [0, 0.05) is 45.3 Å². The largest absolute Gasteiger partial charge is 0.395 e. The molecule has 100 valence electrons. The standard InChI is InChI=1S/C12H21N5O/c1-2-13-11-9-12(15-10-14-11)17-5-3-16(4-6-17)7-8-18/h9-10,18H,2-8H2,1H3,(H,13,14,15). The lowest BCUT2D eigenvalue weighted by molar-refractivity contribution is 0.188. The molecular formula is C12H21N5O. The van der Waals surface area contributed by atoms with Crippen molar-refractivity contribution in [2.24, 2.45) is 0 Å². The molecule has 2 rings (SSSR count). The molecule has 0 radical (unpaired) electrons. The molecule has 0 spiro atoms. The van der Waals surface area contributed by atoms with Gasteiger partial charge in [-0.3, -0.25) is 4.90 Å². The summed E-state index contributed by atoms with van der Waals surface area (Å²) in [4.78, 5) is 13.0. The summed E-state index contributed by atoms with van der Waals surface area (Å²) in [5.41, 5.74) is 0. The zero-order valence-electron chi connectivity index (χ0n) is 10.8. The molecule has 1 aliphatic rings. The van der Waals surface area contributed by atoms with E-state index in [2.05, 4.69) is 32.0 Å². The minimum absolute atomic E-state index is 0.234. The zero-order chi connectivity index (χ0) is 12.8. The van der Waals surface area contributed by atoms with Crippen LogP contribution in [0.2, 0.25) is 0 Å².